The van der Waals surface area contributed by atoms with Crippen molar-refractivity contribution in [2.24, 2.45) is 0 Å². The molecule has 0 N–H and O–H groups in total. The van der Waals surface area contributed by atoms with Gasteiger partial charge in [0.15, 0.2) is 6.20 Å². The van der Waals surface area contributed by atoms with Crippen LogP contribution in [0, 0.1) is 0 Å². The Morgan fingerprint density at radius 1 is 0.762 bits per heavy atom. The number of rotatable bonds is 15. The number of pyridine rings is 1. The first-order valence-corrected chi connectivity index (χ1v) is 17.4. The van der Waals surface area contributed by atoms with Crippen molar-refractivity contribution in [2.45, 2.75) is 20.4 Å². The molecule has 4 rings (SSSR count). The van der Waals surface area contributed by atoms with Crippen LogP contribution in [0.25, 0.3) is 18.2 Å². The zero-order valence-electron chi connectivity index (χ0n) is 25.5. The SMILES string of the molecule is CCN1CC=CC=C1/C=C/c1ccc(N(C)CCSSCCN(C)c2ccc(/C=C/c3cccc[n+]3CC)cc2)cc1. The molecule has 0 spiro atoms. The van der Waals surface area contributed by atoms with Crippen LogP contribution in [0.5, 0.6) is 0 Å². The standard InChI is InChI=1S/C36H45N4S2/c1-5-39-25-9-7-11-35(39)23-17-31-13-19-33(20-14-31)37(3)27-29-41-42-30-28-38(4)34-21-15-32(16-22-34)18-24-36-12-8-10-26-40(36)6-2/h7-25H,5-6,26-30H2,1-4H3/q+1/b24-18+. The van der Waals surface area contributed by atoms with Gasteiger partial charge in [0, 0.05) is 87.1 Å². The van der Waals surface area contributed by atoms with E-state index < -0.39 is 0 Å². The fourth-order valence-corrected chi connectivity index (χ4v) is 6.82. The molecule has 0 saturated heterocycles. The Labute approximate surface area is 261 Å². The van der Waals surface area contributed by atoms with Gasteiger partial charge in [0.2, 0.25) is 5.69 Å². The van der Waals surface area contributed by atoms with Crippen LogP contribution in [0.15, 0.2) is 103 Å². The third-order valence-corrected chi connectivity index (χ3v) is 9.82. The predicted molar refractivity (Wildman–Crippen MR) is 189 cm³/mol. The lowest BCUT2D eigenvalue weighted by atomic mass is 10.1. The molecule has 0 radical (unpaired) electrons. The first-order valence-electron chi connectivity index (χ1n) is 14.9. The molecule has 0 amide bonds. The maximum Gasteiger partial charge on any atom is 0.205 e. The van der Waals surface area contributed by atoms with Crippen molar-refractivity contribution in [1.29, 1.82) is 0 Å². The molecular formula is C36H45N4S2+. The zero-order chi connectivity index (χ0) is 29.6. The summed E-state index contributed by atoms with van der Waals surface area (Å²) in [6.07, 6.45) is 17.5. The van der Waals surface area contributed by atoms with E-state index in [4.69, 9.17) is 0 Å². The molecule has 220 valence electrons. The van der Waals surface area contributed by atoms with E-state index in [9.17, 15) is 0 Å². The van der Waals surface area contributed by atoms with Crippen LogP contribution in [0.1, 0.15) is 30.7 Å². The van der Waals surface area contributed by atoms with Crippen LogP contribution >= 0.6 is 21.6 Å². The number of likely N-dealkylation sites (N-methyl/N-ethyl adjacent to an activating group) is 1. The number of hydrogen-bond acceptors (Lipinski definition) is 5. The Bertz CT molecular complexity index is 1360. The van der Waals surface area contributed by atoms with Crippen molar-refractivity contribution < 1.29 is 4.57 Å². The maximum atomic E-state index is 2.37. The number of benzene rings is 2. The largest absolute Gasteiger partial charge is 0.374 e. The van der Waals surface area contributed by atoms with Crippen molar-refractivity contribution in [3.63, 3.8) is 0 Å². The van der Waals surface area contributed by atoms with Gasteiger partial charge in [-0.25, -0.2) is 0 Å². The van der Waals surface area contributed by atoms with Gasteiger partial charge in [-0.1, -0.05) is 64.1 Å². The number of allylic oxidation sites excluding steroid dienone is 3. The highest BCUT2D eigenvalue weighted by Crippen LogP contribution is 2.24. The quantitative estimate of drug-likeness (QED) is 0.100. The molecule has 1 aliphatic heterocycles. The van der Waals surface area contributed by atoms with Gasteiger partial charge in [-0.15, -0.1) is 0 Å². The topological polar surface area (TPSA) is 13.6 Å². The van der Waals surface area contributed by atoms with Gasteiger partial charge in [-0.2, -0.15) is 4.57 Å². The molecule has 0 fully saturated rings. The van der Waals surface area contributed by atoms with Gasteiger partial charge in [-0.3, -0.25) is 0 Å². The van der Waals surface area contributed by atoms with E-state index in [1.807, 2.05) is 21.6 Å². The van der Waals surface area contributed by atoms with E-state index in [0.29, 0.717) is 0 Å². The minimum absolute atomic E-state index is 0.971. The van der Waals surface area contributed by atoms with Crippen LogP contribution in [-0.2, 0) is 6.54 Å². The molecule has 0 aliphatic carbocycles. The Balaban J connectivity index is 1.13. The van der Waals surface area contributed by atoms with E-state index in [-0.39, 0.29) is 0 Å². The molecule has 1 aliphatic rings. The molecule has 0 saturated carbocycles. The minimum Gasteiger partial charge on any atom is -0.374 e. The van der Waals surface area contributed by atoms with Gasteiger partial charge >= 0.3 is 0 Å². The molecule has 0 bridgehead atoms. The third-order valence-electron chi connectivity index (χ3n) is 7.46. The molecule has 0 unspecified atom stereocenters. The molecule has 3 aromatic rings. The second-order valence-electron chi connectivity index (χ2n) is 10.3. The highest BCUT2D eigenvalue weighted by Gasteiger charge is 2.07. The minimum atomic E-state index is 0.971. The van der Waals surface area contributed by atoms with Gasteiger partial charge in [-0.05, 0) is 73.5 Å². The van der Waals surface area contributed by atoms with Crippen molar-refractivity contribution in [3.05, 3.63) is 120 Å². The summed E-state index contributed by atoms with van der Waals surface area (Å²) in [5.41, 5.74) is 7.47. The lowest BCUT2D eigenvalue weighted by Gasteiger charge is -2.24. The first kappa shape index (κ1) is 31.6. The Morgan fingerprint density at radius 2 is 1.36 bits per heavy atom. The van der Waals surface area contributed by atoms with E-state index in [1.54, 1.807) is 0 Å². The first-order chi connectivity index (χ1) is 20.6. The van der Waals surface area contributed by atoms with E-state index in [2.05, 4.69) is 163 Å². The number of nitrogens with zero attached hydrogens (tertiary/aromatic N) is 4. The Morgan fingerprint density at radius 3 is 1.93 bits per heavy atom. The van der Waals surface area contributed by atoms with Crippen molar-refractivity contribution >= 4 is 51.2 Å². The summed E-state index contributed by atoms with van der Waals surface area (Å²) in [4.78, 5) is 7.05. The number of anilines is 2. The van der Waals surface area contributed by atoms with Crippen LogP contribution in [0.3, 0.4) is 0 Å². The molecule has 0 atom stereocenters. The monoisotopic (exact) mass is 597 g/mol. The fourth-order valence-electron chi connectivity index (χ4n) is 4.73. The van der Waals surface area contributed by atoms with Gasteiger partial charge < -0.3 is 14.7 Å². The summed E-state index contributed by atoms with van der Waals surface area (Å²) in [5.74, 6) is 2.20. The number of hydrogen-bond donors (Lipinski definition) is 0. The van der Waals surface area contributed by atoms with Crippen LogP contribution in [0.2, 0.25) is 0 Å². The molecule has 4 nitrogen and oxygen atoms in total. The summed E-state index contributed by atoms with van der Waals surface area (Å²) in [5, 5.41) is 0. The smallest absolute Gasteiger partial charge is 0.205 e. The molecule has 2 heterocycles. The number of aromatic nitrogens is 1. The van der Waals surface area contributed by atoms with Gasteiger partial charge in [0.1, 0.15) is 6.54 Å². The summed E-state index contributed by atoms with van der Waals surface area (Å²) in [7, 11) is 8.29. The van der Waals surface area contributed by atoms with Crippen molar-refractivity contribution in [1.82, 2.24) is 4.90 Å². The van der Waals surface area contributed by atoms with Crippen molar-refractivity contribution in [2.75, 3.05) is 61.6 Å². The maximum absolute atomic E-state index is 2.37. The molecule has 42 heavy (non-hydrogen) atoms. The third kappa shape index (κ3) is 9.60. The summed E-state index contributed by atoms with van der Waals surface area (Å²) in [6.45, 7) is 9.42. The lowest BCUT2D eigenvalue weighted by Crippen LogP contribution is -2.34. The van der Waals surface area contributed by atoms with Crippen LogP contribution < -0.4 is 14.4 Å². The van der Waals surface area contributed by atoms with E-state index >= 15 is 0 Å². The average Bonchev–Trinajstić information content (AvgIpc) is 3.04. The molecular weight excluding hydrogens is 553 g/mol. The number of aryl methyl sites for hydroxylation is 1. The van der Waals surface area contributed by atoms with E-state index in [0.717, 1.165) is 44.2 Å². The Hall–Kier alpha value is -3.35. The van der Waals surface area contributed by atoms with Crippen LogP contribution in [0.4, 0.5) is 11.4 Å². The van der Waals surface area contributed by atoms with Gasteiger partial charge in [0.05, 0.1) is 0 Å². The second-order valence-corrected chi connectivity index (χ2v) is 13.0. The summed E-state index contributed by atoms with van der Waals surface area (Å²) < 4.78 is 2.25. The summed E-state index contributed by atoms with van der Waals surface area (Å²) >= 11 is 0. The second kappa shape index (κ2) is 16.9. The average molecular weight is 598 g/mol. The molecule has 6 heteroatoms. The van der Waals surface area contributed by atoms with Crippen LogP contribution in [-0.4, -0.2) is 56.7 Å². The predicted octanol–water partition coefficient (Wildman–Crippen LogP) is 7.91. The van der Waals surface area contributed by atoms with Gasteiger partial charge in [0.25, 0.3) is 0 Å². The highest BCUT2D eigenvalue weighted by molar-refractivity contribution is 8.76. The zero-order valence-corrected chi connectivity index (χ0v) is 27.2. The van der Waals surface area contributed by atoms with E-state index in [1.165, 1.54) is 33.9 Å². The normalized spacial score (nSPS) is 13.2. The fraction of sp³-hybridized carbons (Fsp3) is 0.306. The van der Waals surface area contributed by atoms with Crippen molar-refractivity contribution in [3.8, 4) is 0 Å². The Kier molecular flexibility index (Phi) is 12.7. The highest BCUT2D eigenvalue weighted by atomic mass is 33.1. The summed E-state index contributed by atoms with van der Waals surface area (Å²) in [6, 6.07) is 24.0. The lowest BCUT2D eigenvalue weighted by molar-refractivity contribution is -0.695. The molecule has 2 aromatic carbocycles. The molecule has 1 aromatic heterocycles.